The van der Waals surface area contributed by atoms with Crippen molar-refractivity contribution in [2.75, 3.05) is 22.9 Å². The van der Waals surface area contributed by atoms with E-state index in [1.807, 2.05) is 0 Å². The molecule has 2 N–H and O–H groups in total. The quantitative estimate of drug-likeness (QED) is 0.823. The summed E-state index contributed by atoms with van der Waals surface area (Å²) in [6.07, 6.45) is 2.44. The molecule has 2 amide bonds. The number of aromatic carboxylic acids is 1. The molecule has 1 saturated heterocycles. The lowest BCUT2D eigenvalue weighted by Gasteiger charge is -2.35. The molecule has 0 aliphatic carbocycles. The first-order valence-electron chi connectivity index (χ1n) is 7.27. The lowest BCUT2D eigenvalue weighted by molar-refractivity contribution is 0.0690. The molecule has 8 nitrogen and oxygen atoms in total. The molecule has 1 atom stereocenters. The van der Waals surface area contributed by atoms with Crippen LogP contribution in [0.2, 0.25) is 0 Å². The molecule has 0 unspecified atom stereocenters. The van der Waals surface area contributed by atoms with Gasteiger partial charge in [-0.25, -0.2) is 19.6 Å². The zero-order chi connectivity index (χ0) is 16.6. The summed E-state index contributed by atoms with van der Waals surface area (Å²) in [5, 5.41) is 11.8. The van der Waals surface area contributed by atoms with Crippen LogP contribution in [0.1, 0.15) is 23.8 Å². The number of carbonyl (C=O) groups excluding carboxylic acids is 1. The van der Waals surface area contributed by atoms with Gasteiger partial charge in [0.15, 0.2) is 11.5 Å². The first kappa shape index (κ1) is 15.0. The highest BCUT2D eigenvalue weighted by Gasteiger charge is 2.40. The van der Waals surface area contributed by atoms with E-state index in [1.165, 1.54) is 11.0 Å². The maximum absolute atomic E-state index is 12.6. The van der Waals surface area contributed by atoms with E-state index in [4.69, 9.17) is 5.11 Å². The molecule has 3 heterocycles. The predicted molar refractivity (Wildman–Crippen MR) is 86.1 cm³/mol. The highest BCUT2D eigenvalue weighted by Crippen LogP contribution is 2.38. The Bertz CT molecular complexity index is 715. The Morgan fingerprint density at radius 2 is 2.30 bits per heavy atom. The van der Waals surface area contributed by atoms with Crippen molar-refractivity contribution in [3.63, 3.8) is 0 Å². The number of carbonyl (C=O) groups is 2. The van der Waals surface area contributed by atoms with Gasteiger partial charge < -0.3 is 10.0 Å². The third kappa shape index (κ3) is 2.52. The monoisotopic (exact) mass is 315 g/mol. The van der Waals surface area contributed by atoms with Gasteiger partial charge in [0.1, 0.15) is 5.82 Å². The first-order chi connectivity index (χ1) is 11.0. The molecule has 120 valence electrons. The zero-order valence-electron chi connectivity index (χ0n) is 12.7. The fraction of sp³-hybridized carbons (Fsp3) is 0.333. The van der Waals surface area contributed by atoms with Crippen LogP contribution in [0.5, 0.6) is 0 Å². The summed E-state index contributed by atoms with van der Waals surface area (Å²) in [4.78, 5) is 35.4. The van der Waals surface area contributed by atoms with Crippen molar-refractivity contribution >= 4 is 30.2 Å². The predicted octanol–water partition coefficient (Wildman–Crippen LogP) is 1.45. The van der Waals surface area contributed by atoms with E-state index >= 15 is 0 Å². The molecule has 0 radical (unpaired) electrons. The molecule has 1 aromatic heterocycles. The smallest absolute Gasteiger partial charge is 0.354 e. The summed E-state index contributed by atoms with van der Waals surface area (Å²) < 4.78 is 0. The molecule has 8 heteroatoms. The number of hydrogen-bond acceptors (Lipinski definition) is 5. The van der Waals surface area contributed by atoms with Crippen LogP contribution in [0, 0.1) is 0 Å². The summed E-state index contributed by atoms with van der Waals surface area (Å²) in [5.74, 6) is -0.398. The molecule has 2 aliphatic rings. The van der Waals surface area contributed by atoms with Gasteiger partial charge in [0.2, 0.25) is 0 Å². The molecule has 23 heavy (non-hydrogen) atoms. The van der Waals surface area contributed by atoms with E-state index in [9.17, 15) is 9.59 Å². The fourth-order valence-electron chi connectivity index (χ4n) is 2.96. The Labute approximate surface area is 133 Å². The van der Waals surface area contributed by atoms with Gasteiger partial charge in [0, 0.05) is 13.1 Å². The normalized spacial score (nSPS) is 19.3. The van der Waals surface area contributed by atoms with Crippen molar-refractivity contribution in [2.24, 2.45) is 4.99 Å². The summed E-state index contributed by atoms with van der Waals surface area (Å²) in [6, 6.07) is 2.74. The number of amides is 2. The Kier molecular flexibility index (Phi) is 3.73. The number of pyridine rings is 1. The number of anilines is 2. The number of nitrogens with zero attached hydrogens (tertiary/aromatic N) is 4. The Balaban J connectivity index is 2.01. The minimum Gasteiger partial charge on any atom is -0.477 e. The molecule has 1 aromatic rings. The molecule has 1 fully saturated rings. The van der Waals surface area contributed by atoms with Crippen LogP contribution in [0.4, 0.5) is 16.3 Å². The third-order valence-corrected chi connectivity index (χ3v) is 4.07. The van der Waals surface area contributed by atoms with Crippen LogP contribution in [0.25, 0.3) is 0 Å². The van der Waals surface area contributed by atoms with Crippen molar-refractivity contribution in [3.05, 3.63) is 29.7 Å². The van der Waals surface area contributed by atoms with E-state index in [0.29, 0.717) is 18.2 Å². The first-order valence-corrected chi connectivity index (χ1v) is 7.27. The number of urea groups is 1. The topological polar surface area (TPSA) is 98.1 Å². The number of nitrogens with one attached hydrogen (secondary N) is 1. The van der Waals surface area contributed by atoms with Crippen molar-refractivity contribution in [2.45, 2.75) is 19.4 Å². The SMILES string of the molecule is C=N/C(=C\C)NC(=O)N1c2nc(C(=O)O)ccc2N2CC[C@H]1C2. The standard InChI is InChI=1S/C15H17N5O3/c1-3-12(16-2)18-15(23)20-9-6-7-19(8-9)11-5-4-10(14(21)22)17-13(11)20/h3-5,9H,2,6-8H2,1H3,(H,18,23)(H,21,22)/b12-3+/t9-/m0/s1. The Morgan fingerprint density at radius 3 is 2.96 bits per heavy atom. The van der Waals surface area contributed by atoms with Crippen LogP contribution < -0.4 is 15.1 Å². The van der Waals surface area contributed by atoms with Crippen LogP contribution in [0.15, 0.2) is 29.0 Å². The van der Waals surface area contributed by atoms with Gasteiger partial charge >= 0.3 is 12.0 Å². The van der Waals surface area contributed by atoms with Crippen LogP contribution in [-0.2, 0) is 0 Å². The largest absolute Gasteiger partial charge is 0.477 e. The van der Waals surface area contributed by atoms with Gasteiger partial charge in [-0.15, -0.1) is 0 Å². The number of carboxylic acid groups (broad SMARTS) is 1. The van der Waals surface area contributed by atoms with Crippen molar-refractivity contribution < 1.29 is 14.7 Å². The average Bonchev–Trinajstić information content (AvgIpc) is 2.96. The van der Waals surface area contributed by atoms with E-state index in [2.05, 4.69) is 26.9 Å². The summed E-state index contributed by atoms with van der Waals surface area (Å²) in [6.45, 7) is 6.67. The molecule has 2 aliphatic heterocycles. The minimum absolute atomic E-state index is 0.0398. The number of hydrogen-bond donors (Lipinski definition) is 2. The van der Waals surface area contributed by atoms with E-state index in [1.54, 1.807) is 19.1 Å². The van der Waals surface area contributed by atoms with Gasteiger partial charge in [-0.05, 0) is 38.3 Å². The van der Waals surface area contributed by atoms with Gasteiger partial charge in [0.05, 0.1) is 11.7 Å². The number of rotatable bonds is 3. The number of aliphatic imine (C=N–C) groups is 1. The van der Waals surface area contributed by atoms with Crippen molar-refractivity contribution in [1.29, 1.82) is 0 Å². The lowest BCUT2D eigenvalue weighted by atomic mass is 10.2. The molecule has 0 saturated carbocycles. The maximum Gasteiger partial charge on any atom is 0.354 e. The maximum atomic E-state index is 12.6. The number of allylic oxidation sites excluding steroid dienone is 1. The highest BCUT2D eigenvalue weighted by atomic mass is 16.4. The highest BCUT2D eigenvalue weighted by molar-refractivity contribution is 5.98. The summed E-state index contributed by atoms with van der Waals surface area (Å²) >= 11 is 0. The lowest BCUT2D eigenvalue weighted by Crippen LogP contribution is -2.50. The van der Waals surface area contributed by atoms with Crippen LogP contribution in [-0.4, -0.2) is 47.9 Å². The van der Waals surface area contributed by atoms with Crippen molar-refractivity contribution in [3.8, 4) is 0 Å². The Morgan fingerprint density at radius 1 is 1.52 bits per heavy atom. The van der Waals surface area contributed by atoms with Gasteiger partial charge in [-0.2, -0.15) is 0 Å². The molecule has 0 aromatic carbocycles. The van der Waals surface area contributed by atoms with Crippen molar-refractivity contribution in [1.82, 2.24) is 10.3 Å². The molecular formula is C15H17N5O3. The van der Waals surface area contributed by atoms with Gasteiger partial charge in [0.25, 0.3) is 0 Å². The molecule has 3 rings (SSSR count). The third-order valence-electron chi connectivity index (χ3n) is 4.07. The second-order valence-electron chi connectivity index (χ2n) is 5.37. The van der Waals surface area contributed by atoms with E-state index in [-0.39, 0.29) is 17.8 Å². The summed E-state index contributed by atoms with van der Waals surface area (Å²) in [7, 11) is 0. The second-order valence-corrected chi connectivity index (χ2v) is 5.37. The van der Waals surface area contributed by atoms with Crippen LogP contribution >= 0.6 is 0 Å². The molecule has 0 spiro atoms. The number of fused-ring (bicyclic) bond motifs is 4. The summed E-state index contributed by atoms with van der Waals surface area (Å²) in [5.41, 5.74) is 0.685. The fourth-order valence-corrected chi connectivity index (χ4v) is 2.96. The van der Waals surface area contributed by atoms with Gasteiger partial charge in [-0.1, -0.05) is 0 Å². The van der Waals surface area contributed by atoms with E-state index in [0.717, 1.165) is 18.7 Å². The van der Waals surface area contributed by atoms with E-state index < -0.39 is 5.97 Å². The number of carboxylic acids is 1. The zero-order valence-corrected chi connectivity index (χ0v) is 12.7. The average molecular weight is 315 g/mol. The Hall–Kier alpha value is -2.90. The molecule has 2 bridgehead atoms. The second kappa shape index (κ2) is 5.71. The van der Waals surface area contributed by atoms with Gasteiger partial charge in [-0.3, -0.25) is 10.2 Å². The minimum atomic E-state index is -1.12. The molecular weight excluding hydrogens is 298 g/mol. The number of aromatic nitrogens is 1. The van der Waals surface area contributed by atoms with Crippen LogP contribution in [0.3, 0.4) is 0 Å².